The third-order valence-corrected chi connectivity index (χ3v) is 2.48. The summed E-state index contributed by atoms with van der Waals surface area (Å²) in [6.07, 6.45) is 2.15. The summed E-state index contributed by atoms with van der Waals surface area (Å²) in [5.74, 6) is -0.149. The molecule has 0 spiro atoms. The van der Waals surface area contributed by atoms with Crippen molar-refractivity contribution < 1.29 is 9.90 Å². The molecule has 3 N–H and O–H groups in total. The number of carbonyl (C=O) groups excluding carboxylic acids is 1. The number of nitrogens with zero attached hydrogens (tertiary/aromatic N) is 2. The van der Waals surface area contributed by atoms with E-state index in [-0.39, 0.29) is 43.9 Å². The van der Waals surface area contributed by atoms with E-state index in [4.69, 9.17) is 10.8 Å². The molecule has 0 aromatic carbocycles. The van der Waals surface area contributed by atoms with Crippen molar-refractivity contribution in [1.82, 2.24) is 4.98 Å². The number of rotatable bonds is 2. The summed E-state index contributed by atoms with van der Waals surface area (Å²) < 4.78 is 0. The van der Waals surface area contributed by atoms with Crippen LogP contribution < -0.4 is 10.6 Å². The Kier molecular flexibility index (Phi) is 6.41. The number of hydrogen-bond acceptors (Lipinski definition) is 4. The molecule has 1 aromatic rings. The van der Waals surface area contributed by atoms with Crippen molar-refractivity contribution >= 4 is 36.4 Å². The number of aliphatic hydroxyl groups is 1. The number of carbonyl (C=O) groups is 1. The molecule has 0 bridgehead atoms. The van der Waals surface area contributed by atoms with Crippen LogP contribution in [0.1, 0.15) is 5.69 Å². The van der Waals surface area contributed by atoms with Gasteiger partial charge < -0.3 is 15.7 Å². The zero-order chi connectivity index (χ0) is 10.8. The SMILES string of the molecule is Cl.Cl.NC1Cc2ncccc2N(CCO)C1=O. The smallest absolute Gasteiger partial charge is 0.244 e. The molecule has 7 heteroatoms. The topological polar surface area (TPSA) is 79.4 Å². The van der Waals surface area contributed by atoms with Gasteiger partial charge in [0, 0.05) is 19.2 Å². The first kappa shape index (κ1) is 16.1. The third-order valence-electron chi connectivity index (χ3n) is 2.48. The van der Waals surface area contributed by atoms with Crippen molar-refractivity contribution in [3.63, 3.8) is 0 Å². The molecule has 1 unspecified atom stereocenters. The largest absolute Gasteiger partial charge is 0.395 e. The molecule has 1 aromatic heterocycles. The van der Waals surface area contributed by atoms with Gasteiger partial charge in [0.2, 0.25) is 5.91 Å². The van der Waals surface area contributed by atoms with E-state index in [9.17, 15) is 4.79 Å². The molecule has 5 nitrogen and oxygen atoms in total. The molecule has 0 radical (unpaired) electrons. The fraction of sp³-hybridized carbons (Fsp3) is 0.400. The highest BCUT2D eigenvalue weighted by atomic mass is 35.5. The number of nitrogens with two attached hydrogens (primary N) is 1. The molecule has 1 amide bonds. The number of amides is 1. The van der Waals surface area contributed by atoms with Gasteiger partial charge in [-0.15, -0.1) is 24.8 Å². The lowest BCUT2D eigenvalue weighted by atomic mass is 10.0. The number of fused-ring (bicyclic) bond motifs is 1. The van der Waals surface area contributed by atoms with E-state index >= 15 is 0 Å². The normalized spacial score (nSPS) is 17.9. The Morgan fingerprint density at radius 2 is 2.24 bits per heavy atom. The molecule has 96 valence electrons. The van der Waals surface area contributed by atoms with Crippen LogP contribution in [0.5, 0.6) is 0 Å². The summed E-state index contributed by atoms with van der Waals surface area (Å²) in [6, 6.07) is 3.05. The minimum absolute atomic E-state index is 0. The van der Waals surface area contributed by atoms with Crippen LogP contribution in [0.15, 0.2) is 18.3 Å². The third kappa shape index (κ3) is 3.07. The maximum absolute atomic E-state index is 11.7. The minimum atomic E-state index is -0.543. The fourth-order valence-electron chi connectivity index (χ4n) is 1.78. The maximum Gasteiger partial charge on any atom is 0.244 e. The Morgan fingerprint density at radius 3 is 2.88 bits per heavy atom. The lowest BCUT2D eigenvalue weighted by molar-refractivity contribution is -0.120. The summed E-state index contributed by atoms with van der Waals surface area (Å²) >= 11 is 0. The van der Waals surface area contributed by atoms with Crippen LogP contribution in [0.4, 0.5) is 5.69 Å². The summed E-state index contributed by atoms with van der Waals surface area (Å²) in [4.78, 5) is 17.4. The molecule has 0 fully saturated rings. The predicted molar refractivity (Wildman–Crippen MR) is 69.9 cm³/mol. The number of aliphatic hydroxyl groups excluding tert-OH is 1. The lowest BCUT2D eigenvalue weighted by Crippen LogP contribution is -2.50. The highest BCUT2D eigenvalue weighted by molar-refractivity contribution is 5.99. The van der Waals surface area contributed by atoms with Gasteiger partial charge in [-0.1, -0.05) is 0 Å². The standard InChI is InChI=1S/C10H13N3O2.2ClH/c11-7-6-8-9(2-1-3-12-8)13(4-5-14)10(7)15;;/h1-3,7,14H,4-6,11H2;2*1H. The molecule has 1 aliphatic heterocycles. The molecule has 2 heterocycles. The van der Waals surface area contributed by atoms with Crippen molar-refractivity contribution in [2.75, 3.05) is 18.1 Å². The van der Waals surface area contributed by atoms with Gasteiger partial charge in [0.15, 0.2) is 0 Å². The molecule has 2 rings (SSSR count). The number of β-amino-alcohol motifs (C(OH)–C–C–N with tert-alkyl or cyclic N) is 1. The molecule has 0 saturated heterocycles. The number of aromatic nitrogens is 1. The second-order valence-corrected chi connectivity index (χ2v) is 3.49. The second-order valence-electron chi connectivity index (χ2n) is 3.49. The highest BCUT2D eigenvalue weighted by Gasteiger charge is 2.30. The number of hydrogen-bond donors (Lipinski definition) is 2. The Balaban J connectivity index is 0.00000128. The molecular formula is C10H15Cl2N3O2. The molecule has 1 atom stereocenters. The van der Waals surface area contributed by atoms with E-state index < -0.39 is 6.04 Å². The number of pyridine rings is 1. The monoisotopic (exact) mass is 279 g/mol. The molecule has 1 aliphatic rings. The van der Waals surface area contributed by atoms with E-state index in [0.29, 0.717) is 6.42 Å². The van der Waals surface area contributed by atoms with Gasteiger partial charge in [0.25, 0.3) is 0 Å². The van der Waals surface area contributed by atoms with Gasteiger partial charge in [0.05, 0.1) is 24.0 Å². The molecule has 17 heavy (non-hydrogen) atoms. The van der Waals surface area contributed by atoms with Gasteiger partial charge in [-0.3, -0.25) is 9.78 Å². The van der Waals surface area contributed by atoms with Crippen LogP contribution in [-0.2, 0) is 11.2 Å². The fourth-order valence-corrected chi connectivity index (χ4v) is 1.78. The molecule has 0 saturated carbocycles. The summed E-state index contributed by atoms with van der Waals surface area (Å²) in [6.45, 7) is 0.192. The first-order valence-electron chi connectivity index (χ1n) is 4.85. The molecule has 0 aliphatic carbocycles. The first-order valence-corrected chi connectivity index (χ1v) is 4.85. The Labute approximate surface area is 112 Å². The summed E-state index contributed by atoms with van der Waals surface area (Å²) in [5, 5.41) is 8.89. The Morgan fingerprint density at radius 1 is 1.53 bits per heavy atom. The van der Waals surface area contributed by atoms with E-state index in [2.05, 4.69) is 4.98 Å². The maximum atomic E-state index is 11.7. The van der Waals surface area contributed by atoms with E-state index in [1.807, 2.05) is 6.07 Å². The van der Waals surface area contributed by atoms with Crippen molar-refractivity contribution in [2.24, 2.45) is 5.73 Å². The van der Waals surface area contributed by atoms with Crippen molar-refractivity contribution in [3.05, 3.63) is 24.0 Å². The second kappa shape index (κ2) is 6.76. The van der Waals surface area contributed by atoms with Crippen molar-refractivity contribution in [2.45, 2.75) is 12.5 Å². The summed E-state index contributed by atoms with van der Waals surface area (Å²) in [7, 11) is 0. The van der Waals surface area contributed by atoms with Gasteiger partial charge in [-0.25, -0.2) is 0 Å². The van der Waals surface area contributed by atoms with Crippen molar-refractivity contribution in [1.29, 1.82) is 0 Å². The zero-order valence-electron chi connectivity index (χ0n) is 9.07. The average Bonchev–Trinajstić information content (AvgIpc) is 2.25. The molecular weight excluding hydrogens is 265 g/mol. The van der Waals surface area contributed by atoms with Gasteiger partial charge in [-0.2, -0.15) is 0 Å². The Hall–Kier alpha value is -0.880. The minimum Gasteiger partial charge on any atom is -0.395 e. The van der Waals surface area contributed by atoms with Crippen LogP contribution >= 0.6 is 24.8 Å². The quantitative estimate of drug-likeness (QED) is 0.807. The number of anilines is 1. The van der Waals surface area contributed by atoms with E-state index in [0.717, 1.165) is 11.4 Å². The van der Waals surface area contributed by atoms with Crippen LogP contribution in [0.2, 0.25) is 0 Å². The average molecular weight is 280 g/mol. The number of halogens is 2. The summed E-state index contributed by atoms with van der Waals surface area (Å²) in [5.41, 5.74) is 7.28. The van der Waals surface area contributed by atoms with Crippen LogP contribution in [0.25, 0.3) is 0 Å². The predicted octanol–water partition coefficient (Wildman–Crippen LogP) is 0.134. The van der Waals surface area contributed by atoms with E-state index in [1.54, 1.807) is 12.3 Å². The zero-order valence-corrected chi connectivity index (χ0v) is 10.7. The van der Waals surface area contributed by atoms with Gasteiger partial charge in [0.1, 0.15) is 0 Å². The van der Waals surface area contributed by atoms with Crippen LogP contribution in [0, 0.1) is 0 Å². The van der Waals surface area contributed by atoms with Gasteiger partial charge in [-0.05, 0) is 12.1 Å². The van der Waals surface area contributed by atoms with Gasteiger partial charge >= 0.3 is 0 Å². The van der Waals surface area contributed by atoms with Crippen LogP contribution in [0.3, 0.4) is 0 Å². The van der Waals surface area contributed by atoms with E-state index in [1.165, 1.54) is 4.90 Å². The van der Waals surface area contributed by atoms with Crippen LogP contribution in [-0.4, -0.2) is 35.2 Å². The Bertz CT molecular complexity index is 390. The highest BCUT2D eigenvalue weighted by Crippen LogP contribution is 2.24. The first-order chi connectivity index (χ1) is 7.24. The lowest BCUT2D eigenvalue weighted by Gasteiger charge is -2.31. The van der Waals surface area contributed by atoms with Crippen molar-refractivity contribution in [3.8, 4) is 0 Å².